The van der Waals surface area contributed by atoms with Crippen LogP contribution in [0.2, 0.25) is 38.0 Å². The summed E-state index contributed by atoms with van der Waals surface area (Å²) in [5.74, 6) is 0. The van der Waals surface area contributed by atoms with E-state index in [4.69, 9.17) is 0 Å². The SMILES string of the molecule is C1CCC(P(C2CCCCC2)C2CCCCC2)CC1.CC(O)[C]12[CH]3[CH]4[CH]5[C]1(P(c1ccccc1)c1ccccc1)[Fe]43521678[CH]2[CH]1[CH]6[C]7(P(c1ccccc1)c1ccccc1)[CH]28. The molecule has 10 atom stereocenters. The van der Waals surface area contributed by atoms with Crippen LogP contribution in [-0.2, 0) is 6.51 Å². The van der Waals surface area contributed by atoms with E-state index in [9.17, 15) is 5.11 Å². The fraction of sp³-hybridized carbons (Fsp3) is 0.556. The van der Waals surface area contributed by atoms with Crippen molar-refractivity contribution in [1.82, 2.24) is 0 Å². The van der Waals surface area contributed by atoms with Crippen molar-refractivity contribution in [2.45, 2.75) is 172 Å². The molecule has 1 nitrogen and oxygen atoms in total. The predicted octanol–water partition coefficient (Wildman–Crippen LogP) is 13.7. The van der Waals surface area contributed by atoms with Gasteiger partial charge in [0, 0.05) is 0 Å². The van der Waals surface area contributed by atoms with E-state index in [-0.39, 0.29) is 6.10 Å². The first-order valence-corrected chi connectivity index (χ1v) is 34.7. The van der Waals surface area contributed by atoms with Crippen LogP contribution in [-0.4, -0.2) is 36.3 Å². The number of aliphatic hydroxyl groups is 1. The third-order valence-electron chi connectivity index (χ3n) is 26.3. The van der Waals surface area contributed by atoms with Crippen LogP contribution < -0.4 is 21.2 Å². The Morgan fingerprint density at radius 2 is 0.814 bits per heavy atom. The van der Waals surface area contributed by atoms with Crippen LogP contribution in [0.5, 0.6) is 0 Å². The van der Waals surface area contributed by atoms with E-state index < -0.39 is 22.4 Å². The Morgan fingerprint density at radius 1 is 0.458 bits per heavy atom. The average molecular weight is 879 g/mol. The molecule has 10 aliphatic heterocycles. The molecule has 4 aromatic carbocycles. The summed E-state index contributed by atoms with van der Waals surface area (Å²) in [5, 5.41) is 18.8. The van der Waals surface area contributed by atoms with Crippen molar-refractivity contribution in [1.29, 1.82) is 0 Å². The third-order valence-corrected chi connectivity index (χ3v) is 87.8. The second kappa shape index (κ2) is 7.73. The van der Waals surface area contributed by atoms with Gasteiger partial charge in [-0.15, -0.1) is 0 Å². The summed E-state index contributed by atoms with van der Waals surface area (Å²) in [6.45, 7) is -2.09. The molecule has 0 aromatic heterocycles. The van der Waals surface area contributed by atoms with Crippen LogP contribution in [0.4, 0.5) is 0 Å². The van der Waals surface area contributed by atoms with Gasteiger partial charge in [0.2, 0.25) is 0 Å². The van der Waals surface area contributed by atoms with E-state index in [0.29, 0.717) is 20.3 Å². The minimum atomic E-state index is -4.37. The zero-order chi connectivity index (χ0) is 39.0. The molecule has 10 heterocycles. The maximum absolute atomic E-state index is 12.3. The zero-order valence-corrected chi connectivity index (χ0v) is 38.9. The molecule has 10 unspecified atom stereocenters. The molecule has 0 amide bonds. The second-order valence-corrected chi connectivity index (χ2v) is 55.5. The molecule has 5 heteroatoms. The first-order valence-electron chi connectivity index (χ1n) is 24.4. The third kappa shape index (κ3) is 1.46. The van der Waals surface area contributed by atoms with E-state index in [2.05, 4.69) is 128 Å². The topological polar surface area (TPSA) is 20.2 Å². The second-order valence-electron chi connectivity index (χ2n) is 23.8. The molecule has 10 saturated heterocycles. The van der Waals surface area contributed by atoms with E-state index in [1.165, 1.54) is 36.2 Å². The van der Waals surface area contributed by atoms with Crippen molar-refractivity contribution in [3.8, 4) is 0 Å². The maximum atomic E-state index is 12.3. The van der Waals surface area contributed by atoms with Crippen LogP contribution in [0.15, 0.2) is 121 Å². The summed E-state index contributed by atoms with van der Waals surface area (Å²) >= 11 is 0. The van der Waals surface area contributed by atoms with Gasteiger partial charge in [0.1, 0.15) is 0 Å². The molecular weight excluding hydrogens is 813 g/mol. The van der Waals surface area contributed by atoms with Gasteiger partial charge < -0.3 is 0 Å². The van der Waals surface area contributed by atoms with E-state index in [1.54, 1.807) is 98.3 Å². The van der Waals surface area contributed by atoms with Crippen LogP contribution in [0.25, 0.3) is 0 Å². The van der Waals surface area contributed by atoms with Crippen molar-refractivity contribution in [3.05, 3.63) is 121 Å². The average Bonchev–Trinajstić information content (AvgIpc) is 4.26. The van der Waals surface area contributed by atoms with Crippen molar-refractivity contribution in [3.63, 3.8) is 0 Å². The summed E-state index contributed by atoms with van der Waals surface area (Å²) in [6, 6.07) is 47.1. The van der Waals surface area contributed by atoms with Crippen LogP contribution in [0, 0.1) is 0 Å². The van der Waals surface area contributed by atoms with Gasteiger partial charge in [0.25, 0.3) is 0 Å². The molecule has 1 N–H and O–H groups in total. The summed E-state index contributed by atoms with van der Waals surface area (Å²) < 4.78 is 1.38. The molecule has 1 spiro atoms. The number of hydrogen-bond acceptors (Lipinski definition) is 1. The van der Waals surface area contributed by atoms with Gasteiger partial charge in [-0.3, -0.25) is 0 Å². The molecule has 3 aliphatic carbocycles. The Kier molecular flexibility index (Phi) is 4.59. The Labute approximate surface area is 348 Å². The normalized spacial score (nSPS) is 51.3. The van der Waals surface area contributed by atoms with Gasteiger partial charge in [0.15, 0.2) is 0 Å². The van der Waals surface area contributed by atoms with Crippen molar-refractivity contribution < 1.29 is 11.6 Å². The first kappa shape index (κ1) is 35.1. The van der Waals surface area contributed by atoms with Crippen molar-refractivity contribution in [2.24, 2.45) is 0 Å². The van der Waals surface area contributed by atoms with Gasteiger partial charge in [-0.1, -0.05) is 65.7 Å². The molecule has 59 heavy (non-hydrogen) atoms. The van der Waals surface area contributed by atoms with E-state index >= 15 is 0 Å². The van der Waals surface area contributed by atoms with Crippen molar-refractivity contribution in [2.75, 3.05) is 0 Å². The summed E-state index contributed by atoms with van der Waals surface area (Å²) in [5.41, 5.74) is 3.57. The standard InChI is InChI=1S/C19H18OP.C18H33P.C17H14P.Fe/c1-15(20)18-13-8-14-19(18)21(16-9-4-2-5-10-16)17-11-6-3-7-12-17;1-4-10-16(11-5-1)19(17-12-6-2-7-13-17)18-14-8-3-9-15-18;1-3-9-15(10-4-1)18(17-13-7-8-14-17)16-11-5-2-6-12-16;/h2-15,20H,1H3;16-18H,1-15H2;1-14H;. The fourth-order valence-corrected chi connectivity index (χ4v) is 140. The van der Waals surface area contributed by atoms with E-state index in [0.717, 1.165) is 33.7 Å². The van der Waals surface area contributed by atoms with Gasteiger partial charge >= 0.3 is 229 Å². The molecular formula is C54H65FeOP3. The molecule has 0 bridgehead atoms. The Balaban J connectivity index is 0.000000144. The minimum absolute atomic E-state index is 0.130. The molecule has 4 aromatic rings. The quantitative estimate of drug-likeness (QED) is 0.124. The van der Waals surface area contributed by atoms with Gasteiger partial charge in [-0.05, 0) is 55.5 Å². The fourth-order valence-electron chi connectivity index (χ4n) is 27.7. The number of aliphatic hydroxyl groups excluding tert-OH is 1. The Morgan fingerprint density at radius 3 is 1.14 bits per heavy atom. The Hall–Kier alpha value is -1.35. The molecule has 17 rings (SSSR count). The van der Waals surface area contributed by atoms with Crippen LogP contribution >= 0.6 is 23.8 Å². The van der Waals surface area contributed by atoms with E-state index in [1.807, 2.05) is 0 Å². The van der Waals surface area contributed by atoms with Crippen molar-refractivity contribution >= 4 is 45.0 Å². The molecule has 13 aliphatic rings. The zero-order valence-electron chi connectivity index (χ0n) is 35.1. The van der Waals surface area contributed by atoms with Gasteiger partial charge in [0.05, 0.1) is 0 Å². The number of rotatable bonds is 10. The summed E-state index contributed by atoms with van der Waals surface area (Å²) in [4.78, 5) is 7.35. The Bertz CT molecular complexity index is 2640. The van der Waals surface area contributed by atoms with Gasteiger partial charge in [-0.2, -0.15) is 0 Å². The van der Waals surface area contributed by atoms with Crippen LogP contribution in [0.1, 0.15) is 103 Å². The monoisotopic (exact) mass is 878 g/mol. The molecule has 3 saturated carbocycles. The van der Waals surface area contributed by atoms with Gasteiger partial charge in [-0.25, -0.2) is 0 Å². The number of fused-ring (bicyclic) bond motifs is 10. The van der Waals surface area contributed by atoms with Crippen LogP contribution in [0.3, 0.4) is 0 Å². The summed E-state index contributed by atoms with van der Waals surface area (Å²) in [7, 11) is -0.529. The molecule has 310 valence electrons. The number of hydrogen-bond donors (Lipinski definition) is 1. The predicted molar refractivity (Wildman–Crippen MR) is 252 cm³/mol. The summed E-state index contributed by atoms with van der Waals surface area (Å²) in [6.07, 6.45) is 23.5. The molecule has 0 radical (unpaired) electrons. The first-order chi connectivity index (χ1) is 28.9. The molecule has 13 fully saturated rings. The number of benzene rings is 4.